The van der Waals surface area contributed by atoms with Crippen LogP contribution in [0, 0.1) is 12.8 Å². The van der Waals surface area contributed by atoms with Crippen LogP contribution >= 0.6 is 0 Å². The van der Waals surface area contributed by atoms with E-state index >= 15 is 0 Å². The van der Waals surface area contributed by atoms with E-state index in [9.17, 15) is 13.2 Å². The summed E-state index contributed by atoms with van der Waals surface area (Å²) in [6, 6.07) is 15.6. The number of hydrogen-bond donors (Lipinski definition) is 2. The molecule has 5 nitrogen and oxygen atoms in total. The molecule has 0 heterocycles. The molecule has 0 spiro atoms. The quantitative estimate of drug-likeness (QED) is 0.729. The summed E-state index contributed by atoms with van der Waals surface area (Å²) >= 11 is 0. The van der Waals surface area contributed by atoms with Crippen molar-refractivity contribution in [2.75, 3.05) is 5.32 Å². The van der Waals surface area contributed by atoms with Gasteiger partial charge in [0.05, 0.1) is 4.90 Å². The molecule has 1 atom stereocenters. The van der Waals surface area contributed by atoms with Gasteiger partial charge in [0.25, 0.3) is 0 Å². The molecule has 2 aromatic carbocycles. The number of amides is 1. The molecule has 150 valence electrons. The van der Waals surface area contributed by atoms with Gasteiger partial charge in [-0.15, -0.1) is 0 Å². The average Bonchev–Trinajstić information content (AvgIpc) is 2.69. The van der Waals surface area contributed by atoms with Crippen LogP contribution in [-0.4, -0.2) is 20.4 Å². The molecule has 1 fully saturated rings. The third-order valence-corrected chi connectivity index (χ3v) is 6.83. The van der Waals surface area contributed by atoms with Crippen LogP contribution in [-0.2, 0) is 14.8 Å². The van der Waals surface area contributed by atoms with Crippen molar-refractivity contribution in [2.45, 2.75) is 56.4 Å². The lowest BCUT2D eigenvalue weighted by Crippen LogP contribution is -2.43. The second-order valence-electron chi connectivity index (χ2n) is 7.56. The highest BCUT2D eigenvalue weighted by atomic mass is 32.2. The number of sulfonamides is 1. The fraction of sp³-hybridized carbons (Fsp3) is 0.409. The van der Waals surface area contributed by atoms with Gasteiger partial charge in [-0.3, -0.25) is 4.79 Å². The molecule has 2 N–H and O–H groups in total. The van der Waals surface area contributed by atoms with E-state index in [4.69, 9.17) is 0 Å². The molecule has 28 heavy (non-hydrogen) atoms. The molecular weight excluding hydrogens is 372 g/mol. The summed E-state index contributed by atoms with van der Waals surface area (Å²) in [5.74, 6) is 0.00359. The molecule has 0 bridgehead atoms. The first-order valence-corrected chi connectivity index (χ1v) is 11.4. The molecule has 1 aliphatic carbocycles. The van der Waals surface area contributed by atoms with Gasteiger partial charge in [-0.1, -0.05) is 55.2 Å². The summed E-state index contributed by atoms with van der Waals surface area (Å²) in [6.45, 7) is 1.92. The minimum absolute atomic E-state index is 0.130. The molecule has 6 heteroatoms. The van der Waals surface area contributed by atoms with Gasteiger partial charge in [-0.2, -0.15) is 0 Å². The van der Waals surface area contributed by atoms with Gasteiger partial charge in [0.1, 0.15) is 0 Å². The van der Waals surface area contributed by atoms with E-state index in [2.05, 4.69) is 10.0 Å². The van der Waals surface area contributed by atoms with Crippen molar-refractivity contribution in [1.29, 1.82) is 0 Å². The summed E-state index contributed by atoms with van der Waals surface area (Å²) in [6.07, 6.45) is 5.34. The Labute approximate surface area is 167 Å². The van der Waals surface area contributed by atoms with E-state index in [-0.39, 0.29) is 23.1 Å². The largest absolute Gasteiger partial charge is 0.326 e. The standard InChI is InChI=1S/C22H28N2O3S/c1-17-12-14-20(15-13-17)28(26,27)24-21(18-8-4-2-5-9-18)16-22(25)23-19-10-6-3-7-11-19/h3,6-7,10-15,18,21,24H,2,4-5,8-9,16H2,1H3,(H,23,25). The molecule has 2 aromatic rings. The van der Waals surface area contributed by atoms with Crippen molar-refractivity contribution in [3.63, 3.8) is 0 Å². The molecule has 3 rings (SSSR count). The van der Waals surface area contributed by atoms with Gasteiger partial charge in [0.15, 0.2) is 0 Å². The number of rotatable bonds is 7. The normalized spacial score (nSPS) is 16.5. The molecule has 0 radical (unpaired) electrons. The Balaban J connectivity index is 1.74. The number of anilines is 1. The van der Waals surface area contributed by atoms with E-state index in [1.54, 1.807) is 24.3 Å². The van der Waals surface area contributed by atoms with Crippen LogP contribution in [0.2, 0.25) is 0 Å². The minimum Gasteiger partial charge on any atom is -0.326 e. The maximum atomic E-state index is 12.9. The second-order valence-corrected chi connectivity index (χ2v) is 9.27. The fourth-order valence-electron chi connectivity index (χ4n) is 3.76. The summed E-state index contributed by atoms with van der Waals surface area (Å²) in [4.78, 5) is 12.8. The molecule has 1 amide bonds. The number of carbonyl (C=O) groups excluding carboxylic acids is 1. The van der Waals surface area contributed by atoms with Crippen LogP contribution in [0.1, 0.15) is 44.1 Å². The number of hydrogen-bond acceptors (Lipinski definition) is 3. The first-order chi connectivity index (χ1) is 13.4. The van der Waals surface area contributed by atoms with Crippen molar-refractivity contribution in [1.82, 2.24) is 4.72 Å². The zero-order chi connectivity index (χ0) is 20.0. The minimum atomic E-state index is -3.67. The van der Waals surface area contributed by atoms with Crippen LogP contribution in [0.3, 0.4) is 0 Å². The predicted molar refractivity (Wildman–Crippen MR) is 112 cm³/mol. The second kappa shape index (κ2) is 9.34. The maximum Gasteiger partial charge on any atom is 0.240 e. The Morgan fingerprint density at radius 1 is 1.00 bits per heavy atom. The zero-order valence-electron chi connectivity index (χ0n) is 16.2. The van der Waals surface area contributed by atoms with E-state index < -0.39 is 16.1 Å². The number of benzene rings is 2. The molecular formula is C22H28N2O3S. The SMILES string of the molecule is Cc1ccc(S(=O)(=O)NC(CC(=O)Nc2ccccc2)C2CCCCC2)cc1. The van der Waals surface area contributed by atoms with E-state index in [0.29, 0.717) is 0 Å². The zero-order valence-corrected chi connectivity index (χ0v) is 17.0. The van der Waals surface area contributed by atoms with E-state index in [0.717, 1.165) is 36.9 Å². The third-order valence-electron chi connectivity index (χ3n) is 5.32. The summed E-state index contributed by atoms with van der Waals surface area (Å²) in [5, 5.41) is 2.87. The van der Waals surface area contributed by atoms with Crippen LogP contribution < -0.4 is 10.0 Å². The highest BCUT2D eigenvalue weighted by molar-refractivity contribution is 7.89. The molecule has 0 saturated heterocycles. The van der Waals surface area contributed by atoms with Crippen LogP contribution in [0.4, 0.5) is 5.69 Å². The topological polar surface area (TPSA) is 75.3 Å². The van der Waals surface area contributed by atoms with Crippen LogP contribution in [0.25, 0.3) is 0 Å². The Morgan fingerprint density at radius 2 is 1.64 bits per heavy atom. The van der Waals surface area contributed by atoms with Crippen molar-refractivity contribution in [3.8, 4) is 0 Å². The number of carbonyl (C=O) groups is 1. The number of aryl methyl sites for hydroxylation is 1. The molecule has 0 aromatic heterocycles. The first-order valence-electron chi connectivity index (χ1n) is 9.88. The Bertz CT molecular complexity index is 874. The van der Waals surface area contributed by atoms with Gasteiger partial charge >= 0.3 is 0 Å². The van der Waals surface area contributed by atoms with Crippen molar-refractivity contribution < 1.29 is 13.2 Å². The van der Waals surface area contributed by atoms with Gasteiger partial charge in [-0.25, -0.2) is 13.1 Å². The smallest absolute Gasteiger partial charge is 0.240 e. The highest BCUT2D eigenvalue weighted by Gasteiger charge is 2.30. The van der Waals surface area contributed by atoms with Gasteiger partial charge in [0, 0.05) is 18.2 Å². The van der Waals surface area contributed by atoms with E-state index in [1.807, 2.05) is 37.3 Å². The number of nitrogens with one attached hydrogen (secondary N) is 2. The lowest BCUT2D eigenvalue weighted by Gasteiger charge is -2.30. The van der Waals surface area contributed by atoms with Crippen molar-refractivity contribution in [2.24, 2.45) is 5.92 Å². The molecule has 1 unspecified atom stereocenters. The van der Waals surface area contributed by atoms with Crippen molar-refractivity contribution in [3.05, 3.63) is 60.2 Å². The summed E-state index contributed by atoms with van der Waals surface area (Å²) < 4.78 is 28.6. The van der Waals surface area contributed by atoms with Crippen molar-refractivity contribution >= 4 is 21.6 Å². The number of para-hydroxylation sites is 1. The third kappa shape index (κ3) is 5.66. The lowest BCUT2D eigenvalue weighted by atomic mass is 9.83. The summed E-state index contributed by atoms with van der Waals surface area (Å²) in [7, 11) is -3.67. The molecule has 1 saturated carbocycles. The van der Waals surface area contributed by atoms with E-state index in [1.165, 1.54) is 6.42 Å². The summed E-state index contributed by atoms with van der Waals surface area (Å²) in [5.41, 5.74) is 1.72. The maximum absolute atomic E-state index is 12.9. The fourth-order valence-corrected chi connectivity index (χ4v) is 5.06. The van der Waals surface area contributed by atoms with Gasteiger partial charge < -0.3 is 5.32 Å². The molecule has 0 aliphatic heterocycles. The van der Waals surface area contributed by atoms with Crippen LogP contribution in [0.15, 0.2) is 59.5 Å². The Morgan fingerprint density at radius 3 is 2.29 bits per heavy atom. The predicted octanol–water partition coefficient (Wildman–Crippen LogP) is 4.25. The lowest BCUT2D eigenvalue weighted by molar-refractivity contribution is -0.116. The van der Waals surface area contributed by atoms with Crippen LogP contribution in [0.5, 0.6) is 0 Å². The Hall–Kier alpha value is -2.18. The van der Waals surface area contributed by atoms with Gasteiger partial charge in [0.2, 0.25) is 15.9 Å². The molecule has 1 aliphatic rings. The van der Waals surface area contributed by atoms with Gasteiger partial charge in [-0.05, 0) is 49.9 Å². The Kier molecular flexibility index (Phi) is 6.86. The first kappa shape index (κ1) is 20.6. The monoisotopic (exact) mass is 400 g/mol. The highest BCUT2D eigenvalue weighted by Crippen LogP contribution is 2.29. The average molecular weight is 401 g/mol.